The molecule has 1 N–H and O–H groups in total. The standard InChI is InChI=1S/C8H15NO2/c1-3-6-9-8(4-5-8)7(10)11-2/h9H,3-6H2,1-2H3. The Balaban J connectivity index is 2.34. The van der Waals surface area contributed by atoms with Gasteiger partial charge in [0.05, 0.1) is 7.11 Å². The van der Waals surface area contributed by atoms with Crippen LogP contribution in [0.1, 0.15) is 26.2 Å². The minimum Gasteiger partial charge on any atom is -0.468 e. The molecule has 0 heterocycles. The molecule has 0 aliphatic heterocycles. The second-order valence-corrected chi connectivity index (χ2v) is 3.00. The zero-order chi connectivity index (χ0) is 8.32. The third-order valence-corrected chi connectivity index (χ3v) is 2.04. The molecule has 0 amide bonds. The minimum absolute atomic E-state index is 0.106. The lowest BCUT2D eigenvalue weighted by molar-refractivity contribution is -0.144. The van der Waals surface area contributed by atoms with Crippen LogP contribution in [0.5, 0.6) is 0 Å². The molecule has 0 radical (unpaired) electrons. The Morgan fingerprint density at radius 3 is 2.64 bits per heavy atom. The number of nitrogens with one attached hydrogen (secondary N) is 1. The maximum atomic E-state index is 11.1. The number of ether oxygens (including phenoxy) is 1. The van der Waals surface area contributed by atoms with Crippen LogP contribution < -0.4 is 5.32 Å². The molecular weight excluding hydrogens is 142 g/mol. The van der Waals surface area contributed by atoms with Gasteiger partial charge in [0.15, 0.2) is 0 Å². The third kappa shape index (κ3) is 1.71. The van der Waals surface area contributed by atoms with Gasteiger partial charge < -0.3 is 10.1 Å². The van der Waals surface area contributed by atoms with E-state index in [1.807, 2.05) is 0 Å². The van der Waals surface area contributed by atoms with Crippen LogP contribution in [-0.4, -0.2) is 25.2 Å². The van der Waals surface area contributed by atoms with Crippen LogP contribution in [0.3, 0.4) is 0 Å². The lowest BCUT2D eigenvalue weighted by Gasteiger charge is -2.13. The molecule has 0 saturated heterocycles. The first kappa shape index (κ1) is 8.53. The van der Waals surface area contributed by atoms with E-state index in [9.17, 15) is 4.79 Å². The SMILES string of the molecule is CCCNC1(C(=O)OC)CC1. The summed E-state index contributed by atoms with van der Waals surface area (Å²) in [7, 11) is 1.44. The summed E-state index contributed by atoms with van der Waals surface area (Å²) < 4.78 is 4.67. The van der Waals surface area contributed by atoms with Crippen molar-refractivity contribution in [1.82, 2.24) is 5.32 Å². The first-order chi connectivity index (χ1) is 5.25. The van der Waals surface area contributed by atoms with E-state index in [1.165, 1.54) is 7.11 Å². The van der Waals surface area contributed by atoms with Crippen molar-refractivity contribution in [1.29, 1.82) is 0 Å². The first-order valence-electron chi connectivity index (χ1n) is 4.08. The highest BCUT2D eigenvalue weighted by atomic mass is 16.5. The zero-order valence-electron chi connectivity index (χ0n) is 7.14. The van der Waals surface area contributed by atoms with E-state index in [2.05, 4.69) is 17.0 Å². The van der Waals surface area contributed by atoms with Crippen molar-refractivity contribution in [3.8, 4) is 0 Å². The quantitative estimate of drug-likeness (QED) is 0.610. The molecule has 0 aromatic carbocycles. The number of methoxy groups -OCH3 is 1. The lowest BCUT2D eigenvalue weighted by Crippen LogP contribution is -2.40. The summed E-state index contributed by atoms with van der Waals surface area (Å²) in [6.45, 7) is 2.98. The van der Waals surface area contributed by atoms with E-state index < -0.39 is 0 Å². The van der Waals surface area contributed by atoms with E-state index in [1.54, 1.807) is 0 Å². The molecule has 11 heavy (non-hydrogen) atoms. The minimum atomic E-state index is -0.301. The van der Waals surface area contributed by atoms with Crippen LogP contribution in [-0.2, 0) is 9.53 Å². The second-order valence-electron chi connectivity index (χ2n) is 3.00. The molecule has 0 spiro atoms. The Hall–Kier alpha value is -0.570. The third-order valence-electron chi connectivity index (χ3n) is 2.04. The molecule has 64 valence electrons. The number of hydrogen-bond donors (Lipinski definition) is 1. The van der Waals surface area contributed by atoms with Gasteiger partial charge in [0.2, 0.25) is 0 Å². The van der Waals surface area contributed by atoms with Gasteiger partial charge in [0.25, 0.3) is 0 Å². The maximum Gasteiger partial charge on any atom is 0.326 e. The largest absolute Gasteiger partial charge is 0.468 e. The summed E-state index contributed by atoms with van der Waals surface area (Å²) in [4.78, 5) is 11.1. The van der Waals surface area contributed by atoms with Crippen LogP contribution in [0.25, 0.3) is 0 Å². The fraction of sp³-hybridized carbons (Fsp3) is 0.875. The van der Waals surface area contributed by atoms with E-state index in [0.717, 1.165) is 25.8 Å². The Morgan fingerprint density at radius 1 is 1.64 bits per heavy atom. The Kier molecular flexibility index (Phi) is 2.49. The molecular formula is C8H15NO2. The van der Waals surface area contributed by atoms with E-state index in [-0.39, 0.29) is 11.5 Å². The molecule has 1 aliphatic carbocycles. The van der Waals surface area contributed by atoms with Gasteiger partial charge in [-0.2, -0.15) is 0 Å². The van der Waals surface area contributed by atoms with Crippen LogP contribution >= 0.6 is 0 Å². The highest BCUT2D eigenvalue weighted by Crippen LogP contribution is 2.36. The molecule has 1 fully saturated rings. The van der Waals surface area contributed by atoms with Gasteiger partial charge in [0.1, 0.15) is 5.54 Å². The predicted molar refractivity (Wildman–Crippen MR) is 42.3 cm³/mol. The number of carbonyl (C=O) groups excluding carboxylic acids is 1. The van der Waals surface area contributed by atoms with E-state index >= 15 is 0 Å². The van der Waals surface area contributed by atoms with Gasteiger partial charge in [0, 0.05) is 0 Å². The molecule has 1 saturated carbocycles. The summed E-state index contributed by atoms with van der Waals surface area (Å²) in [5, 5.41) is 3.20. The number of hydrogen-bond acceptors (Lipinski definition) is 3. The monoisotopic (exact) mass is 157 g/mol. The van der Waals surface area contributed by atoms with E-state index in [0.29, 0.717) is 0 Å². The van der Waals surface area contributed by atoms with Gasteiger partial charge in [-0.15, -0.1) is 0 Å². The molecule has 3 nitrogen and oxygen atoms in total. The van der Waals surface area contributed by atoms with Crippen molar-refractivity contribution in [2.75, 3.05) is 13.7 Å². The molecule has 0 bridgehead atoms. The fourth-order valence-electron chi connectivity index (χ4n) is 1.14. The summed E-state index contributed by atoms with van der Waals surface area (Å²) in [5.41, 5.74) is -0.301. The predicted octanol–water partition coefficient (Wildman–Crippen LogP) is 0.692. The van der Waals surface area contributed by atoms with Gasteiger partial charge >= 0.3 is 5.97 Å². The van der Waals surface area contributed by atoms with Gasteiger partial charge in [-0.1, -0.05) is 6.92 Å². The van der Waals surface area contributed by atoms with Crippen LogP contribution in [0, 0.1) is 0 Å². The molecule has 0 aromatic rings. The van der Waals surface area contributed by atoms with Gasteiger partial charge in [-0.05, 0) is 25.8 Å². The molecule has 0 aromatic heterocycles. The summed E-state index contributed by atoms with van der Waals surface area (Å²) in [5.74, 6) is -0.106. The normalized spacial score (nSPS) is 19.5. The Bertz CT molecular complexity index is 152. The smallest absolute Gasteiger partial charge is 0.326 e. The Labute approximate surface area is 67.1 Å². The van der Waals surface area contributed by atoms with Crippen molar-refractivity contribution in [3.05, 3.63) is 0 Å². The zero-order valence-corrected chi connectivity index (χ0v) is 7.14. The fourth-order valence-corrected chi connectivity index (χ4v) is 1.14. The summed E-state index contributed by atoms with van der Waals surface area (Å²) >= 11 is 0. The highest BCUT2D eigenvalue weighted by molar-refractivity contribution is 5.84. The number of esters is 1. The summed E-state index contributed by atoms with van der Waals surface area (Å²) in [6, 6.07) is 0. The first-order valence-corrected chi connectivity index (χ1v) is 4.08. The van der Waals surface area contributed by atoms with Crippen molar-refractivity contribution < 1.29 is 9.53 Å². The van der Waals surface area contributed by atoms with Crippen molar-refractivity contribution >= 4 is 5.97 Å². The average molecular weight is 157 g/mol. The van der Waals surface area contributed by atoms with Crippen LogP contribution in [0.15, 0.2) is 0 Å². The topological polar surface area (TPSA) is 38.3 Å². The van der Waals surface area contributed by atoms with Crippen LogP contribution in [0.4, 0.5) is 0 Å². The summed E-state index contributed by atoms with van der Waals surface area (Å²) in [6.07, 6.45) is 2.91. The molecule has 0 unspecified atom stereocenters. The second kappa shape index (κ2) is 3.22. The lowest BCUT2D eigenvalue weighted by atomic mass is 10.2. The Morgan fingerprint density at radius 2 is 2.27 bits per heavy atom. The van der Waals surface area contributed by atoms with Crippen LogP contribution in [0.2, 0.25) is 0 Å². The van der Waals surface area contributed by atoms with Gasteiger partial charge in [-0.25, -0.2) is 0 Å². The molecule has 0 atom stereocenters. The van der Waals surface area contributed by atoms with E-state index in [4.69, 9.17) is 0 Å². The molecule has 3 heteroatoms. The van der Waals surface area contributed by atoms with Gasteiger partial charge in [-0.3, -0.25) is 4.79 Å². The van der Waals surface area contributed by atoms with Crippen molar-refractivity contribution in [2.45, 2.75) is 31.7 Å². The van der Waals surface area contributed by atoms with Crippen molar-refractivity contribution in [3.63, 3.8) is 0 Å². The highest BCUT2D eigenvalue weighted by Gasteiger charge is 2.50. The average Bonchev–Trinajstić information content (AvgIpc) is 2.80. The number of rotatable bonds is 4. The number of carbonyl (C=O) groups is 1. The molecule has 1 aliphatic rings. The van der Waals surface area contributed by atoms with Crippen molar-refractivity contribution in [2.24, 2.45) is 0 Å². The molecule has 1 rings (SSSR count). The maximum absolute atomic E-state index is 11.1.